The lowest BCUT2D eigenvalue weighted by Gasteiger charge is -2.32. The lowest BCUT2D eigenvalue weighted by Crippen LogP contribution is -2.41. The van der Waals surface area contributed by atoms with Gasteiger partial charge in [0.05, 0.1) is 11.2 Å². The summed E-state index contributed by atoms with van der Waals surface area (Å²) in [5.41, 5.74) is 4.86. The fourth-order valence-corrected chi connectivity index (χ4v) is 3.93. The number of benzene rings is 3. The summed E-state index contributed by atoms with van der Waals surface area (Å²) in [4.78, 5) is 3.60. The van der Waals surface area contributed by atoms with Crippen LogP contribution in [0.15, 0.2) is 66.7 Å². The van der Waals surface area contributed by atoms with Gasteiger partial charge in [0.25, 0.3) is 0 Å². The largest absolute Gasteiger partial charge is 0.497 e. The Labute approximate surface area is 165 Å². The molecule has 3 nitrogen and oxygen atoms in total. The highest BCUT2D eigenvalue weighted by atomic mass is 16.7. The minimum atomic E-state index is -0.413. The smallest absolute Gasteiger partial charge is 0.399 e. The minimum absolute atomic E-state index is 0.376. The molecule has 1 aliphatic heterocycles. The van der Waals surface area contributed by atoms with Gasteiger partial charge < -0.3 is 14.3 Å². The van der Waals surface area contributed by atoms with Crippen molar-refractivity contribution < 1.29 is 9.31 Å². The highest BCUT2D eigenvalue weighted by Crippen LogP contribution is 2.38. The second kappa shape index (κ2) is 5.97. The third kappa shape index (κ3) is 2.60. The number of nitrogens with one attached hydrogen (secondary N) is 1. The van der Waals surface area contributed by atoms with Crippen LogP contribution in [0.4, 0.5) is 0 Å². The first-order chi connectivity index (χ1) is 13.4. The molecule has 0 aliphatic carbocycles. The molecule has 1 saturated heterocycles. The van der Waals surface area contributed by atoms with E-state index in [0.29, 0.717) is 0 Å². The number of H-pyrrole nitrogens is 1. The molecule has 2 heterocycles. The summed E-state index contributed by atoms with van der Waals surface area (Å²) in [5, 5.41) is 2.41. The van der Waals surface area contributed by atoms with Gasteiger partial charge in [-0.1, -0.05) is 54.6 Å². The third-order valence-electron chi connectivity index (χ3n) is 6.26. The van der Waals surface area contributed by atoms with Gasteiger partial charge in [-0.25, -0.2) is 0 Å². The standard InChI is InChI=1S/C24H24BNO2/c1-23(2)24(3,4)28-25(27-23)20-15-17(16-10-6-5-7-11-16)14-19-18-12-8-9-13-21(18)26-22(19)20/h5-15,26H,1-4H3. The quantitative estimate of drug-likeness (QED) is 0.488. The highest BCUT2D eigenvalue weighted by molar-refractivity contribution is 6.65. The molecule has 5 rings (SSSR count). The number of aromatic nitrogens is 1. The summed E-state index contributed by atoms with van der Waals surface area (Å²) in [7, 11) is -0.413. The zero-order valence-corrected chi connectivity index (χ0v) is 16.7. The van der Waals surface area contributed by atoms with Crippen LogP contribution in [-0.2, 0) is 9.31 Å². The molecule has 0 unspecified atom stereocenters. The molecule has 0 amide bonds. The van der Waals surface area contributed by atoms with Gasteiger partial charge in [0.15, 0.2) is 0 Å². The second-order valence-corrected chi connectivity index (χ2v) is 8.61. The fraction of sp³-hybridized carbons (Fsp3) is 0.250. The lowest BCUT2D eigenvalue weighted by molar-refractivity contribution is 0.00578. The van der Waals surface area contributed by atoms with Crippen molar-refractivity contribution in [3.63, 3.8) is 0 Å². The summed E-state index contributed by atoms with van der Waals surface area (Å²) in [6.45, 7) is 8.37. The van der Waals surface area contributed by atoms with Gasteiger partial charge >= 0.3 is 7.12 Å². The van der Waals surface area contributed by atoms with E-state index in [2.05, 4.69) is 93.3 Å². The molecule has 0 atom stereocenters. The number of aromatic amines is 1. The maximum atomic E-state index is 6.40. The molecule has 28 heavy (non-hydrogen) atoms. The van der Waals surface area contributed by atoms with Crippen molar-refractivity contribution in [3.05, 3.63) is 66.7 Å². The van der Waals surface area contributed by atoms with Crippen LogP contribution in [0.5, 0.6) is 0 Å². The number of hydrogen-bond donors (Lipinski definition) is 1. The Hall–Kier alpha value is -2.56. The highest BCUT2D eigenvalue weighted by Gasteiger charge is 2.52. The first-order valence-corrected chi connectivity index (χ1v) is 9.81. The minimum Gasteiger partial charge on any atom is -0.399 e. The monoisotopic (exact) mass is 369 g/mol. The molecule has 0 spiro atoms. The molecule has 1 fully saturated rings. The van der Waals surface area contributed by atoms with Crippen LogP contribution in [0.3, 0.4) is 0 Å². The molecule has 0 radical (unpaired) electrons. The molecule has 4 heteroatoms. The summed E-state index contributed by atoms with van der Waals surface area (Å²) < 4.78 is 12.8. The predicted octanol–water partition coefficient (Wildman–Crippen LogP) is 5.29. The van der Waals surface area contributed by atoms with Gasteiger partial charge in [-0.15, -0.1) is 0 Å². The average Bonchev–Trinajstić information content (AvgIpc) is 3.15. The Kier molecular flexibility index (Phi) is 3.74. The lowest BCUT2D eigenvalue weighted by atomic mass is 9.76. The zero-order valence-electron chi connectivity index (χ0n) is 16.7. The van der Waals surface area contributed by atoms with E-state index >= 15 is 0 Å². The SMILES string of the molecule is CC1(C)OB(c2cc(-c3ccccc3)cc3c2[nH]c2ccccc23)OC1(C)C. The molecular formula is C24H24BNO2. The number of rotatable bonds is 2. The van der Waals surface area contributed by atoms with Crippen molar-refractivity contribution >= 4 is 34.4 Å². The molecule has 4 aromatic rings. The summed E-state index contributed by atoms with van der Waals surface area (Å²) >= 11 is 0. The van der Waals surface area contributed by atoms with Crippen LogP contribution in [0.2, 0.25) is 0 Å². The number of fused-ring (bicyclic) bond motifs is 3. The Morgan fingerprint density at radius 2 is 1.36 bits per heavy atom. The fourth-order valence-electron chi connectivity index (χ4n) is 3.93. The van der Waals surface area contributed by atoms with E-state index in [9.17, 15) is 0 Å². The predicted molar refractivity (Wildman–Crippen MR) is 117 cm³/mol. The first kappa shape index (κ1) is 17.5. The van der Waals surface area contributed by atoms with Gasteiger partial charge in [-0.3, -0.25) is 0 Å². The molecule has 1 N–H and O–H groups in total. The summed E-state index contributed by atoms with van der Waals surface area (Å²) in [5.74, 6) is 0. The zero-order chi connectivity index (χ0) is 19.5. The topological polar surface area (TPSA) is 34.2 Å². The Morgan fingerprint density at radius 1 is 0.714 bits per heavy atom. The van der Waals surface area contributed by atoms with E-state index in [-0.39, 0.29) is 11.2 Å². The van der Waals surface area contributed by atoms with Crippen molar-refractivity contribution in [1.29, 1.82) is 0 Å². The van der Waals surface area contributed by atoms with Gasteiger partial charge in [-0.2, -0.15) is 0 Å². The first-order valence-electron chi connectivity index (χ1n) is 9.81. The van der Waals surface area contributed by atoms with Crippen molar-refractivity contribution in [2.45, 2.75) is 38.9 Å². The van der Waals surface area contributed by atoms with E-state index in [1.807, 2.05) is 6.07 Å². The van der Waals surface area contributed by atoms with Crippen LogP contribution in [0.25, 0.3) is 32.9 Å². The van der Waals surface area contributed by atoms with Gasteiger partial charge in [0.2, 0.25) is 0 Å². The van der Waals surface area contributed by atoms with Gasteiger partial charge in [0, 0.05) is 27.3 Å². The molecule has 0 bridgehead atoms. The van der Waals surface area contributed by atoms with E-state index < -0.39 is 7.12 Å². The van der Waals surface area contributed by atoms with Crippen LogP contribution in [-0.4, -0.2) is 23.3 Å². The molecule has 1 aliphatic rings. The number of hydrogen-bond acceptors (Lipinski definition) is 2. The molecule has 1 aromatic heterocycles. The Balaban J connectivity index is 1.78. The van der Waals surface area contributed by atoms with E-state index in [4.69, 9.17) is 9.31 Å². The maximum Gasteiger partial charge on any atom is 0.497 e. The molecular weight excluding hydrogens is 345 g/mol. The molecule has 140 valence electrons. The van der Waals surface area contributed by atoms with Crippen molar-refractivity contribution in [1.82, 2.24) is 4.98 Å². The molecule has 3 aromatic carbocycles. The van der Waals surface area contributed by atoms with Gasteiger partial charge in [-0.05, 0) is 51.0 Å². The number of para-hydroxylation sites is 1. The third-order valence-corrected chi connectivity index (χ3v) is 6.26. The summed E-state index contributed by atoms with van der Waals surface area (Å²) in [6.07, 6.45) is 0. The van der Waals surface area contributed by atoms with Crippen LogP contribution < -0.4 is 5.46 Å². The van der Waals surface area contributed by atoms with Gasteiger partial charge in [0.1, 0.15) is 0 Å². The second-order valence-electron chi connectivity index (χ2n) is 8.61. The van der Waals surface area contributed by atoms with E-state index in [1.165, 1.54) is 21.9 Å². The van der Waals surface area contributed by atoms with Crippen LogP contribution in [0.1, 0.15) is 27.7 Å². The van der Waals surface area contributed by atoms with E-state index in [1.54, 1.807) is 0 Å². The van der Waals surface area contributed by atoms with Crippen LogP contribution in [0, 0.1) is 0 Å². The Morgan fingerprint density at radius 3 is 2.07 bits per heavy atom. The normalized spacial score (nSPS) is 18.2. The van der Waals surface area contributed by atoms with Crippen molar-refractivity contribution in [2.75, 3.05) is 0 Å². The van der Waals surface area contributed by atoms with Crippen LogP contribution >= 0.6 is 0 Å². The average molecular weight is 369 g/mol. The molecule has 0 saturated carbocycles. The maximum absolute atomic E-state index is 6.40. The summed E-state index contributed by atoms with van der Waals surface area (Å²) in [6, 6.07) is 23.4. The Bertz CT molecular complexity index is 1160. The van der Waals surface area contributed by atoms with Crippen molar-refractivity contribution in [2.24, 2.45) is 0 Å². The van der Waals surface area contributed by atoms with Crippen molar-refractivity contribution in [3.8, 4) is 11.1 Å². The van der Waals surface area contributed by atoms with E-state index in [0.717, 1.165) is 16.5 Å².